The van der Waals surface area contributed by atoms with Crippen LogP contribution >= 0.6 is 0 Å². The molecule has 1 saturated carbocycles. The second kappa shape index (κ2) is 6.66. The lowest BCUT2D eigenvalue weighted by Gasteiger charge is -2.16. The van der Waals surface area contributed by atoms with Gasteiger partial charge in [0.2, 0.25) is 5.91 Å². The maximum absolute atomic E-state index is 13.1. The van der Waals surface area contributed by atoms with E-state index in [1.165, 1.54) is 25.0 Å². The summed E-state index contributed by atoms with van der Waals surface area (Å²) < 4.78 is 13.1. The molecule has 1 fully saturated rings. The van der Waals surface area contributed by atoms with E-state index in [0.29, 0.717) is 6.04 Å². The van der Waals surface area contributed by atoms with Gasteiger partial charge in [-0.25, -0.2) is 4.39 Å². The van der Waals surface area contributed by atoms with Gasteiger partial charge in [0, 0.05) is 12.1 Å². The summed E-state index contributed by atoms with van der Waals surface area (Å²) in [5, 5.41) is 6.14. The maximum atomic E-state index is 13.1. The highest BCUT2D eigenvalue weighted by Gasteiger charge is 2.17. The molecule has 2 rings (SSSR count). The molecule has 1 aliphatic rings. The van der Waals surface area contributed by atoms with Gasteiger partial charge in [-0.15, -0.1) is 0 Å². The van der Waals surface area contributed by atoms with E-state index in [2.05, 4.69) is 10.6 Å². The van der Waals surface area contributed by atoms with Crippen molar-refractivity contribution in [3.8, 4) is 0 Å². The highest BCUT2D eigenvalue weighted by atomic mass is 19.1. The van der Waals surface area contributed by atoms with Gasteiger partial charge in [-0.3, -0.25) is 4.79 Å². The molecule has 1 aliphatic carbocycles. The minimum absolute atomic E-state index is 0.0233. The minimum Gasteiger partial charge on any atom is -0.352 e. The molecule has 1 amide bonds. The SMILES string of the molecule is C[C@@H](NCC(=O)NC1CCCC1)c1cccc(F)c1. The van der Waals surface area contributed by atoms with Gasteiger partial charge in [0.1, 0.15) is 5.82 Å². The van der Waals surface area contributed by atoms with E-state index in [-0.39, 0.29) is 24.3 Å². The molecular weight excluding hydrogens is 243 g/mol. The van der Waals surface area contributed by atoms with E-state index < -0.39 is 0 Å². The molecule has 0 saturated heterocycles. The third-order valence-electron chi connectivity index (χ3n) is 3.64. The molecule has 0 spiro atoms. The first-order chi connectivity index (χ1) is 9.15. The molecule has 0 bridgehead atoms. The Labute approximate surface area is 113 Å². The van der Waals surface area contributed by atoms with Crippen LogP contribution in [0.4, 0.5) is 4.39 Å². The van der Waals surface area contributed by atoms with Crippen LogP contribution < -0.4 is 10.6 Å². The van der Waals surface area contributed by atoms with Crippen molar-refractivity contribution < 1.29 is 9.18 Å². The number of hydrogen-bond acceptors (Lipinski definition) is 2. The number of rotatable bonds is 5. The van der Waals surface area contributed by atoms with Crippen molar-refractivity contribution >= 4 is 5.91 Å². The molecule has 0 unspecified atom stereocenters. The van der Waals surface area contributed by atoms with Crippen molar-refractivity contribution in [1.29, 1.82) is 0 Å². The Kier molecular flexibility index (Phi) is 4.91. The van der Waals surface area contributed by atoms with Gasteiger partial charge in [-0.05, 0) is 37.5 Å². The predicted molar refractivity (Wildman–Crippen MR) is 73.2 cm³/mol. The number of benzene rings is 1. The average Bonchev–Trinajstić information content (AvgIpc) is 2.88. The van der Waals surface area contributed by atoms with Crippen LogP contribution in [0.15, 0.2) is 24.3 Å². The second-order valence-corrected chi connectivity index (χ2v) is 5.21. The lowest BCUT2D eigenvalue weighted by molar-refractivity contribution is -0.121. The number of carbonyl (C=O) groups excluding carboxylic acids is 1. The largest absolute Gasteiger partial charge is 0.352 e. The van der Waals surface area contributed by atoms with Crippen molar-refractivity contribution in [3.63, 3.8) is 0 Å². The van der Waals surface area contributed by atoms with Crippen LogP contribution in [0.1, 0.15) is 44.2 Å². The van der Waals surface area contributed by atoms with Crippen LogP contribution in [-0.2, 0) is 4.79 Å². The molecule has 0 radical (unpaired) electrons. The van der Waals surface area contributed by atoms with Gasteiger partial charge in [-0.2, -0.15) is 0 Å². The number of halogens is 1. The molecule has 0 aromatic heterocycles. The molecule has 1 atom stereocenters. The number of carbonyl (C=O) groups is 1. The fourth-order valence-corrected chi connectivity index (χ4v) is 2.49. The van der Waals surface area contributed by atoms with E-state index in [9.17, 15) is 9.18 Å². The molecule has 2 N–H and O–H groups in total. The van der Waals surface area contributed by atoms with Crippen LogP contribution in [0.25, 0.3) is 0 Å². The van der Waals surface area contributed by atoms with Crippen LogP contribution in [-0.4, -0.2) is 18.5 Å². The Balaban J connectivity index is 1.76. The number of nitrogens with one attached hydrogen (secondary N) is 2. The van der Waals surface area contributed by atoms with Crippen LogP contribution in [0.2, 0.25) is 0 Å². The topological polar surface area (TPSA) is 41.1 Å². The van der Waals surface area contributed by atoms with E-state index in [0.717, 1.165) is 18.4 Å². The normalized spacial score (nSPS) is 17.4. The van der Waals surface area contributed by atoms with Gasteiger partial charge in [0.15, 0.2) is 0 Å². The smallest absolute Gasteiger partial charge is 0.234 e. The summed E-state index contributed by atoms with van der Waals surface area (Å²) >= 11 is 0. The maximum Gasteiger partial charge on any atom is 0.234 e. The van der Waals surface area contributed by atoms with E-state index >= 15 is 0 Å². The lowest BCUT2D eigenvalue weighted by Crippen LogP contribution is -2.39. The second-order valence-electron chi connectivity index (χ2n) is 5.21. The Morgan fingerprint density at radius 2 is 2.16 bits per heavy atom. The fraction of sp³-hybridized carbons (Fsp3) is 0.533. The molecule has 4 heteroatoms. The van der Waals surface area contributed by atoms with E-state index in [4.69, 9.17) is 0 Å². The van der Waals surface area contributed by atoms with Gasteiger partial charge in [0.25, 0.3) is 0 Å². The minimum atomic E-state index is -0.249. The summed E-state index contributed by atoms with van der Waals surface area (Å²) in [5.41, 5.74) is 0.855. The van der Waals surface area contributed by atoms with E-state index in [1.54, 1.807) is 6.07 Å². The van der Waals surface area contributed by atoms with Crippen molar-refractivity contribution in [2.24, 2.45) is 0 Å². The zero-order valence-corrected chi connectivity index (χ0v) is 11.3. The molecule has 1 aromatic rings. The summed E-state index contributed by atoms with van der Waals surface area (Å²) in [6.07, 6.45) is 4.59. The molecule has 19 heavy (non-hydrogen) atoms. The zero-order valence-electron chi connectivity index (χ0n) is 11.3. The first-order valence-corrected chi connectivity index (χ1v) is 6.93. The van der Waals surface area contributed by atoms with Crippen LogP contribution in [0, 0.1) is 5.82 Å². The Morgan fingerprint density at radius 3 is 2.84 bits per heavy atom. The third-order valence-corrected chi connectivity index (χ3v) is 3.64. The molecule has 0 heterocycles. The first-order valence-electron chi connectivity index (χ1n) is 6.93. The fourth-order valence-electron chi connectivity index (χ4n) is 2.49. The van der Waals surface area contributed by atoms with Gasteiger partial charge in [-0.1, -0.05) is 25.0 Å². The van der Waals surface area contributed by atoms with Gasteiger partial charge < -0.3 is 10.6 Å². The summed E-state index contributed by atoms with van der Waals surface area (Å²) in [7, 11) is 0. The standard InChI is InChI=1S/C15H21FN2O/c1-11(12-5-4-6-13(16)9-12)17-10-15(19)18-14-7-2-3-8-14/h4-6,9,11,14,17H,2-3,7-8,10H2,1H3,(H,18,19)/t11-/m1/s1. The molecule has 3 nitrogen and oxygen atoms in total. The van der Waals surface area contributed by atoms with Crippen molar-refractivity contribution in [2.75, 3.05) is 6.54 Å². The van der Waals surface area contributed by atoms with E-state index in [1.807, 2.05) is 13.0 Å². The molecule has 0 aliphatic heterocycles. The van der Waals surface area contributed by atoms with Crippen molar-refractivity contribution in [2.45, 2.75) is 44.7 Å². The van der Waals surface area contributed by atoms with Crippen molar-refractivity contribution in [1.82, 2.24) is 10.6 Å². The van der Waals surface area contributed by atoms with Crippen molar-refractivity contribution in [3.05, 3.63) is 35.6 Å². The number of amides is 1. The number of hydrogen-bond donors (Lipinski definition) is 2. The summed E-state index contributed by atoms with van der Waals surface area (Å²) in [6, 6.07) is 6.76. The Bertz CT molecular complexity index is 430. The molecule has 1 aromatic carbocycles. The van der Waals surface area contributed by atoms with Crippen LogP contribution in [0.5, 0.6) is 0 Å². The van der Waals surface area contributed by atoms with Gasteiger partial charge in [0.05, 0.1) is 6.54 Å². The summed E-state index contributed by atoms with van der Waals surface area (Å²) in [4.78, 5) is 11.8. The average molecular weight is 264 g/mol. The molecular formula is C15H21FN2O. The Hall–Kier alpha value is -1.42. The monoisotopic (exact) mass is 264 g/mol. The quantitative estimate of drug-likeness (QED) is 0.858. The predicted octanol–water partition coefficient (Wildman–Crippen LogP) is 2.54. The third kappa shape index (κ3) is 4.31. The van der Waals surface area contributed by atoms with Crippen LogP contribution in [0.3, 0.4) is 0 Å². The van der Waals surface area contributed by atoms with Gasteiger partial charge >= 0.3 is 0 Å². The lowest BCUT2D eigenvalue weighted by atomic mass is 10.1. The highest BCUT2D eigenvalue weighted by molar-refractivity contribution is 5.78. The first kappa shape index (κ1) is 14.0. The molecule has 104 valence electrons. The summed E-state index contributed by atoms with van der Waals surface area (Å²) in [5.74, 6) is -0.225. The Morgan fingerprint density at radius 1 is 1.42 bits per heavy atom. The summed E-state index contributed by atoms with van der Waals surface area (Å²) in [6.45, 7) is 2.20. The zero-order chi connectivity index (χ0) is 13.7. The highest BCUT2D eigenvalue weighted by Crippen LogP contribution is 2.17.